The van der Waals surface area contributed by atoms with Gasteiger partial charge in [-0.2, -0.15) is 4.98 Å². The molecule has 0 aliphatic carbocycles. The van der Waals surface area contributed by atoms with Crippen molar-refractivity contribution in [1.29, 1.82) is 0 Å². The third kappa shape index (κ3) is 4.02. The van der Waals surface area contributed by atoms with Crippen LogP contribution in [-0.4, -0.2) is 32.6 Å². The van der Waals surface area contributed by atoms with Gasteiger partial charge in [-0.3, -0.25) is 9.78 Å². The number of pyridine rings is 1. The second-order valence-corrected chi connectivity index (χ2v) is 6.22. The Labute approximate surface area is 143 Å². The molecule has 3 heterocycles. The number of thiazole rings is 1. The van der Waals surface area contributed by atoms with E-state index in [1.54, 1.807) is 18.5 Å². The van der Waals surface area contributed by atoms with Crippen LogP contribution in [0.3, 0.4) is 0 Å². The normalized spacial score (nSPS) is 10.7. The maximum atomic E-state index is 12.1. The van der Waals surface area contributed by atoms with Gasteiger partial charge in [0.25, 0.3) is 11.8 Å². The molecule has 3 rings (SSSR count). The summed E-state index contributed by atoms with van der Waals surface area (Å²) in [4.78, 5) is 25.4. The predicted molar refractivity (Wildman–Crippen MR) is 89.7 cm³/mol. The van der Waals surface area contributed by atoms with E-state index in [2.05, 4.69) is 32.3 Å². The smallest absolute Gasteiger partial charge is 0.276 e. The van der Waals surface area contributed by atoms with Gasteiger partial charge in [0.15, 0.2) is 5.82 Å². The summed E-state index contributed by atoms with van der Waals surface area (Å²) in [5.41, 5.74) is 0.633. The van der Waals surface area contributed by atoms with Gasteiger partial charge in [-0.15, -0.1) is 11.3 Å². The first-order valence-electron chi connectivity index (χ1n) is 7.73. The summed E-state index contributed by atoms with van der Waals surface area (Å²) < 4.78 is 5.18. The van der Waals surface area contributed by atoms with Crippen molar-refractivity contribution < 1.29 is 9.32 Å². The van der Waals surface area contributed by atoms with Gasteiger partial charge in [-0.25, -0.2) is 4.98 Å². The minimum atomic E-state index is -0.122. The Kier molecular flexibility index (Phi) is 5.27. The van der Waals surface area contributed by atoms with E-state index in [0.29, 0.717) is 35.3 Å². The van der Waals surface area contributed by atoms with Gasteiger partial charge >= 0.3 is 0 Å². The quantitative estimate of drug-likeness (QED) is 0.708. The molecule has 3 aromatic heterocycles. The second-order valence-electron chi connectivity index (χ2n) is 5.10. The Balaban J connectivity index is 1.51. The highest BCUT2D eigenvalue weighted by Gasteiger charge is 2.12. The molecule has 0 aromatic carbocycles. The van der Waals surface area contributed by atoms with Crippen LogP contribution in [0, 0.1) is 0 Å². The van der Waals surface area contributed by atoms with Gasteiger partial charge in [-0.05, 0) is 25.0 Å². The van der Waals surface area contributed by atoms with Crippen LogP contribution in [-0.2, 0) is 12.8 Å². The van der Waals surface area contributed by atoms with E-state index in [0.717, 1.165) is 17.8 Å². The zero-order valence-electron chi connectivity index (χ0n) is 13.2. The van der Waals surface area contributed by atoms with E-state index in [4.69, 9.17) is 4.52 Å². The van der Waals surface area contributed by atoms with Crippen LogP contribution in [0.5, 0.6) is 0 Å². The maximum Gasteiger partial charge on any atom is 0.276 e. The molecule has 0 bridgehead atoms. The molecule has 8 heteroatoms. The van der Waals surface area contributed by atoms with Crippen molar-refractivity contribution in [2.75, 3.05) is 6.54 Å². The Morgan fingerprint density at radius 2 is 2.21 bits per heavy atom. The van der Waals surface area contributed by atoms with Crippen LogP contribution in [0.15, 0.2) is 35.1 Å². The molecule has 0 unspecified atom stereocenters. The zero-order valence-corrected chi connectivity index (χ0v) is 14.0. The standard InChI is InChI=1S/C16H17N5O2S/c1-2-5-14-19-10-12(24-14)15(22)18-9-7-13-20-16(23-21-13)11-6-3-4-8-17-11/h3-4,6,8,10H,2,5,7,9H2,1H3,(H,18,22). The van der Waals surface area contributed by atoms with E-state index < -0.39 is 0 Å². The molecule has 0 aliphatic heterocycles. The third-order valence-corrected chi connectivity index (χ3v) is 4.28. The summed E-state index contributed by atoms with van der Waals surface area (Å²) in [5, 5.41) is 7.74. The average Bonchev–Trinajstić information content (AvgIpc) is 3.26. The van der Waals surface area contributed by atoms with Gasteiger partial charge in [0.2, 0.25) is 0 Å². The highest BCUT2D eigenvalue weighted by molar-refractivity contribution is 7.13. The minimum Gasteiger partial charge on any atom is -0.351 e. The van der Waals surface area contributed by atoms with E-state index in [1.807, 2.05) is 12.1 Å². The van der Waals surface area contributed by atoms with Crippen molar-refractivity contribution in [2.45, 2.75) is 26.2 Å². The number of carbonyl (C=O) groups excluding carboxylic acids is 1. The molecule has 1 amide bonds. The van der Waals surface area contributed by atoms with Crippen LogP contribution in [0.25, 0.3) is 11.6 Å². The first-order valence-corrected chi connectivity index (χ1v) is 8.55. The molecule has 0 spiro atoms. The molecule has 124 valence electrons. The van der Waals surface area contributed by atoms with Crippen LogP contribution >= 0.6 is 11.3 Å². The summed E-state index contributed by atoms with van der Waals surface area (Å²) in [6.45, 7) is 2.52. The number of rotatable bonds is 7. The molecule has 0 fully saturated rings. The summed E-state index contributed by atoms with van der Waals surface area (Å²) in [7, 11) is 0. The van der Waals surface area contributed by atoms with Gasteiger partial charge in [0.05, 0.1) is 11.2 Å². The molecule has 7 nitrogen and oxygen atoms in total. The van der Waals surface area contributed by atoms with Crippen molar-refractivity contribution in [2.24, 2.45) is 0 Å². The molecule has 3 aromatic rings. The number of amides is 1. The largest absolute Gasteiger partial charge is 0.351 e. The second kappa shape index (κ2) is 7.78. The molecule has 0 atom stereocenters. The minimum absolute atomic E-state index is 0.122. The zero-order chi connectivity index (χ0) is 16.8. The number of nitrogens with zero attached hydrogens (tertiary/aromatic N) is 4. The highest BCUT2D eigenvalue weighted by atomic mass is 32.1. The Hall–Kier alpha value is -2.61. The molecule has 1 N–H and O–H groups in total. The van der Waals surface area contributed by atoms with Crippen LogP contribution in [0.4, 0.5) is 0 Å². The summed E-state index contributed by atoms with van der Waals surface area (Å²) in [5.74, 6) is 0.791. The number of hydrogen-bond donors (Lipinski definition) is 1. The van der Waals surface area contributed by atoms with Crippen LogP contribution in [0.1, 0.15) is 33.8 Å². The fourth-order valence-electron chi connectivity index (χ4n) is 2.07. The first kappa shape index (κ1) is 16.3. The van der Waals surface area contributed by atoms with Crippen molar-refractivity contribution >= 4 is 17.2 Å². The van der Waals surface area contributed by atoms with E-state index in [9.17, 15) is 4.79 Å². The molecular weight excluding hydrogens is 326 g/mol. The maximum absolute atomic E-state index is 12.1. The SMILES string of the molecule is CCCc1ncc(C(=O)NCCc2noc(-c3ccccn3)n2)s1. The Morgan fingerprint density at radius 3 is 3.00 bits per heavy atom. The number of nitrogens with one attached hydrogen (secondary N) is 1. The van der Waals surface area contributed by atoms with Crippen molar-refractivity contribution in [3.8, 4) is 11.6 Å². The molecule has 0 saturated carbocycles. The summed E-state index contributed by atoms with van der Waals surface area (Å²) in [6, 6.07) is 5.48. The predicted octanol–water partition coefficient (Wildman–Crippen LogP) is 2.51. The van der Waals surface area contributed by atoms with Gasteiger partial charge in [-0.1, -0.05) is 18.1 Å². The van der Waals surface area contributed by atoms with E-state index in [1.165, 1.54) is 11.3 Å². The first-order chi connectivity index (χ1) is 11.8. The lowest BCUT2D eigenvalue weighted by Crippen LogP contribution is -2.25. The van der Waals surface area contributed by atoms with E-state index >= 15 is 0 Å². The lowest BCUT2D eigenvalue weighted by Gasteiger charge is -2.00. The highest BCUT2D eigenvalue weighted by Crippen LogP contribution is 2.15. The third-order valence-electron chi connectivity index (χ3n) is 3.23. The van der Waals surface area contributed by atoms with Crippen molar-refractivity contribution in [3.63, 3.8) is 0 Å². The Morgan fingerprint density at radius 1 is 1.29 bits per heavy atom. The number of hydrogen-bond acceptors (Lipinski definition) is 7. The molecule has 0 saturated heterocycles. The summed E-state index contributed by atoms with van der Waals surface area (Å²) >= 11 is 1.43. The molecule has 0 radical (unpaired) electrons. The number of aryl methyl sites for hydroxylation is 1. The fraction of sp³-hybridized carbons (Fsp3) is 0.312. The van der Waals surface area contributed by atoms with Gasteiger partial charge < -0.3 is 9.84 Å². The molecular formula is C16H17N5O2S. The van der Waals surface area contributed by atoms with Crippen LogP contribution < -0.4 is 5.32 Å². The monoisotopic (exact) mass is 343 g/mol. The number of carbonyl (C=O) groups is 1. The molecule has 0 aliphatic rings. The number of aromatic nitrogens is 4. The van der Waals surface area contributed by atoms with E-state index in [-0.39, 0.29) is 5.91 Å². The molecule has 24 heavy (non-hydrogen) atoms. The topological polar surface area (TPSA) is 93.8 Å². The van der Waals surface area contributed by atoms with Crippen LogP contribution in [0.2, 0.25) is 0 Å². The average molecular weight is 343 g/mol. The lowest BCUT2D eigenvalue weighted by atomic mass is 10.3. The fourth-order valence-corrected chi connectivity index (χ4v) is 3.00. The Bertz CT molecular complexity index is 800. The van der Waals surface area contributed by atoms with Crippen molar-refractivity contribution in [3.05, 3.63) is 46.3 Å². The lowest BCUT2D eigenvalue weighted by molar-refractivity contribution is 0.0957. The van der Waals surface area contributed by atoms with Crippen molar-refractivity contribution in [1.82, 2.24) is 25.4 Å². The van der Waals surface area contributed by atoms with Gasteiger partial charge in [0, 0.05) is 19.2 Å². The van der Waals surface area contributed by atoms with Gasteiger partial charge in [0.1, 0.15) is 10.6 Å². The summed E-state index contributed by atoms with van der Waals surface area (Å²) in [6.07, 6.45) is 5.70.